The third-order valence-electron chi connectivity index (χ3n) is 3.49. The van der Waals surface area contributed by atoms with Crippen LogP contribution in [0.2, 0.25) is 0 Å². The molecule has 0 fully saturated rings. The van der Waals surface area contributed by atoms with Crippen LogP contribution in [0.25, 0.3) is 11.2 Å². The molecular weight excluding hydrogens is 248 g/mol. The van der Waals surface area contributed by atoms with Crippen LogP contribution in [-0.2, 0) is 7.05 Å². The van der Waals surface area contributed by atoms with Gasteiger partial charge in [0.25, 0.3) is 5.56 Å². The summed E-state index contributed by atoms with van der Waals surface area (Å²) in [6.07, 6.45) is 1.92. The molecule has 0 aliphatic heterocycles. The van der Waals surface area contributed by atoms with Crippen LogP contribution in [0.4, 0.5) is 0 Å². The van der Waals surface area contributed by atoms with Gasteiger partial charge in [0, 0.05) is 12.5 Å². The molecule has 102 valence electrons. The third kappa shape index (κ3) is 1.91. The van der Waals surface area contributed by atoms with Crippen molar-refractivity contribution in [2.45, 2.75) is 27.2 Å². The van der Waals surface area contributed by atoms with Crippen LogP contribution in [0.3, 0.4) is 0 Å². The molecular formula is C12H16N4O3. The van der Waals surface area contributed by atoms with Gasteiger partial charge in [0.15, 0.2) is 11.2 Å². The van der Waals surface area contributed by atoms with Gasteiger partial charge >= 0.3 is 5.69 Å². The second-order valence-electron chi connectivity index (χ2n) is 5.15. The zero-order valence-electron chi connectivity index (χ0n) is 11.4. The van der Waals surface area contributed by atoms with Gasteiger partial charge in [0.1, 0.15) is 6.33 Å². The van der Waals surface area contributed by atoms with Gasteiger partial charge < -0.3 is 0 Å². The van der Waals surface area contributed by atoms with Gasteiger partial charge in [0.2, 0.25) is 5.91 Å². The topological polar surface area (TPSA) is 89.8 Å². The van der Waals surface area contributed by atoms with Crippen LogP contribution in [0.5, 0.6) is 0 Å². The second kappa shape index (κ2) is 4.18. The number of carbonyl (C=O) groups is 1. The Balaban J connectivity index is 2.79. The summed E-state index contributed by atoms with van der Waals surface area (Å²) in [6.45, 7) is 5.51. The van der Waals surface area contributed by atoms with E-state index in [1.54, 1.807) is 13.8 Å². The van der Waals surface area contributed by atoms with Crippen molar-refractivity contribution in [3.8, 4) is 0 Å². The zero-order valence-corrected chi connectivity index (χ0v) is 11.4. The highest BCUT2D eigenvalue weighted by molar-refractivity contribution is 5.91. The first kappa shape index (κ1) is 13.3. The SMILES string of the molecule is CCC(C)(C)C(=O)n1cnc2c1c(=O)[nH]c(=O)n2C. The summed E-state index contributed by atoms with van der Waals surface area (Å²) in [6, 6.07) is 0. The molecule has 0 unspecified atom stereocenters. The summed E-state index contributed by atoms with van der Waals surface area (Å²) in [5.41, 5.74) is -1.45. The number of hydrogen-bond acceptors (Lipinski definition) is 4. The Hall–Kier alpha value is -2.18. The fourth-order valence-electron chi connectivity index (χ4n) is 1.76. The lowest BCUT2D eigenvalue weighted by Crippen LogP contribution is -2.33. The molecule has 0 aliphatic rings. The van der Waals surface area contributed by atoms with E-state index in [2.05, 4.69) is 9.97 Å². The maximum absolute atomic E-state index is 12.4. The van der Waals surface area contributed by atoms with Gasteiger partial charge in [-0.05, 0) is 6.42 Å². The van der Waals surface area contributed by atoms with Crippen LogP contribution < -0.4 is 11.2 Å². The zero-order chi connectivity index (χ0) is 14.4. The lowest BCUT2D eigenvalue weighted by atomic mass is 9.89. The van der Waals surface area contributed by atoms with E-state index in [0.29, 0.717) is 6.42 Å². The summed E-state index contributed by atoms with van der Waals surface area (Å²) in [4.78, 5) is 41.9. The van der Waals surface area contributed by atoms with E-state index in [4.69, 9.17) is 0 Å². The number of aryl methyl sites for hydroxylation is 1. The number of nitrogens with one attached hydrogen (secondary N) is 1. The Morgan fingerprint density at radius 3 is 2.63 bits per heavy atom. The van der Waals surface area contributed by atoms with Crippen molar-refractivity contribution < 1.29 is 4.79 Å². The first-order valence-corrected chi connectivity index (χ1v) is 6.00. The molecule has 0 saturated carbocycles. The van der Waals surface area contributed by atoms with Crippen LogP contribution in [0.15, 0.2) is 15.9 Å². The van der Waals surface area contributed by atoms with Crippen molar-refractivity contribution in [2.24, 2.45) is 12.5 Å². The molecule has 2 aromatic heterocycles. The van der Waals surface area contributed by atoms with Crippen LogP contribution in [-0.4, -0.2) is 25.0 Å². The molecule has 0 saturated heterocycles. The predicted molar refractivity (Wildman–Crippen MR) is 70.3 cm³/mol. The number of H-pyrrole nitrogens is 1. The maximum atomic E-state index is 12.4. The van der Waals surface area contributed by atoms with Crippen molar-refractivity contribution in [1.29, 1.82) is 0 Å². The van der Waals surface area contributed by atoms with Crippen molar-refractivity contribution in [3.63, 3.8) is 0 Å². The van der Waals surface area contributed by atoms with Gasteiger partial charge in [-0.2, -0.15) is 0 Å². The Bertz CT molecular complexity index is 763. The lowest BCUT2D eigenvalue weighted by molar-refractivity contribution is 0.0744. The van der Waals surface area contributed by atoms with Gasteiger partial charge in [-0.3, -0.25) is 23.7 Å². The molecule has 2 aromatic rings. The fourth-order valence-corrected chi connectivity index (χ4v) is 1.76. The second-order valence-corrected chi connectivity index (χ2v) is 5.15. The van der Waals surface area contributed by atoms with Gasteiger partial charge in [-0.25, -0.2) is 9.78 Å². The molecule has 19 heavy (non-hydrogen) atoms. The molecule has 0 aliphatic carbocycles. The van der Waals surface area contributed by atoms with Crippen LogP contribution in [0, 0.1) is 5.41 Å². The van der Waals surface area contributed by atoms with Gasteiger partial charge in [-0.15, -0.1) is 0 Å². The highest BCUT2D eigenvalue weighted by Crippen LogP contribution is 2.23. The summed E-state index contributed by atoms with van der Waals surface area (Å²) in [5.74, 6) is -0.221. The van der Waals surface area contributed by atoms with Crippen LogP contribution >= 0.6 is 0 Å². The number of rotatable bonds is 2. The minimum absolute atomic E-state index is 0.105. The van der Waals surface area contributed by atoms with E-state index in [-0.39, 0.29) is 17.1 Å². The fraction of sp³-hybridized carbons (Fsp3) is 0.500. The van der Waals surface area contributed by atoms with Crippen molar-refractivity contribution in [1.82, 2.24) is 19.1 Å². The normalized spacial score (nSPS) is 12.0. The smallest absolute Gasteiger partial charge is 0.279 e. The molecule has 0 aromatic carbocycles. The molecule has 7 nitrogen and oxygen atoms in total. The van der Waals surface area contributed by atoms with E-state index < -0.39 is 16.7 Å². The van der Waals surface area contributed by atoms with E-state index in [0.717, 1.165) is 0 Å². The Kier molecular flexibility index (Phi) is 2.92. The van der Waals surface area contributed by atoms with E-state index in [1.165, 1.54) is 22.5 Å². The molecule has 2 heterocycles. The highest BCUT2D eigenvalue weighted by atomic mass is 16.2. The minimum atomic E-state index is -0.602. The van der Waals surface area contributed by atoms with Crippen molar-refractivity contribution in [2.75, 3.05) is 0 Å². The molecule has 0 amide bonds. The largest absolute Gasteiger partial charge is 0.329 e. The Labute approximate surface area is 108 Å². The predicted octanol–water partition coefficient (Wildman–Crippen LogP) is 0.500. The summed E-state index contributed by atoms with van der Waals surface area (Å²) in [7, 11) is 1.49. The monoisotopic (exact) mass is 264 g/mol. The number of nitrogens with zero attached hydrogens (tertiary/aromatic N) is 3. The molecule has 0 atom stereocenters. The number of carbonyl (C=O) groups excluding carboxylic acids is 1. The van der Waals surface area contributed by atoms with Crippen molar-refractivity contribution >= 4 is 17.1 Å². The highest BCUT2D eigenvalue weighted by Gasteiger charge is 2.29. The van der Waals surface area contributed by atoms with E-state index >= 15 is 0 Å². The average Bonchev–Trinajstić information content (AvgIpc) is 2.80. The molecule has 1 N–H and O–H groups in total. The first-order valence-electron chi connectivity index (χ1n) is 6.00. The average molecular weight is 264 g/mol. The summed E-state index contributed by atoms with van der Waals surface area (Å²) in [5, 5.41) is 0. The van der Waals surface area contributed by atoms with E-state index in [1.807, 2.05) is 6.92 Å². The number of hydrogen-bond donors (Lipinski definition) is 1. The first-order chi connectivity index (χ1) is 8.79. The molecule has 7 heteroatoms. The minimum Gasteiger partial charge on any atom is -0.279 e. The number of aromatic amines is 1. The van der Waals surface area contributed by atoms with Gasteiger partial charge in [-0.1, -0.05) is 20.8 Å². The number of imidazole rings is 1. The van der Waals surface area contributed by atoms with Crippen molar-refractivity contribution in [3.05, 3.63) is 27.2 Å². The lowest BCUT2D eigenvalue weighted by Gasteiger charge is -2.20. The van der Waals surface area contributed by atoms with Crippen LogP contribution in [0.1, 0.15) is 32.0 Å². The quantitative estimate of drug-likeness (QED) is 0.855. The summed E-state index contributed by atoms with van der Waals surface area (Å²) < 4.78 is 2.43. The summed E-state index contributed by atoms with van der Waals surface area (Å²) >= 11 is 0. The third-order valence-corrected chi connectivity index (χ3v) is 3.49. The molecule has 2 rings (SSSR count). The number of fused-ring (bicyclic) bond motifs is 1. The number of aromatic nitrogens is 4. The maximum Gasteiger partial charge on any atom is 0.329 e. The molecule has 0 spiro atoms. The molecule has 0 radical (unpaired) electrons. The standard InChI is InChI=1S/C12H16N4O3/c1-5-12(2,3)10(18)16-6-13-8-7(16)9(17)14-11(19)15(8)4/h6H,5H2,1-4H3,(H,14,17,19). The van der Waals surface area contributed by atoms with E-state index in [9.17, 15) is 14.4 Å². The van der Waals surface area contributed by atoms with Gasteiger partial charge in [0.05, 0.1) is 0 Å². The Morgan fingerprint density at radius 1 is 1.42 bits per heavy atom. The molecule has 0 bridgehead atoms. The Morgan fingerprint density at radius 2 is 2.05 bits per heavy atom.